The van der Waals surface area contributed by atoms with E-state index in [4.69, 9.17) is 9.15 Å². The Morgan fingerprint density at radius 2 is 1.96 bits per heavy atom. The smallest absolute Gasteiger partial charge is 0.228 e. The quantitative estimate of drug-likeness (QED) is 0.760. The summed E-state index contributed by atoms with van der Waals surface area (Å²) in [6, 6.07) is 14.9. The van der Waals surface area contributed by atoms with Gasteiger partial charge in [0.15, 0.2) is 0 Å². The van der Waals surface area contributed by atoms with Gasteiger partial charge in [-0.2, -0.15) is 0 Å². The minimum atomic E-state index is -0.0924. The Labute approximate surface area is 146 Å². The lowest BCUT2D eigenvalue weighted by molar-refractivity contribution is -0.115. The summed E-state index contributed by atoms with van der Waals surface area (Å²) in [4.78, 5) is 16.7. The fourth-order valence-electron chi connectivity index (χ4n) is 2.50. The molecular formula is C20H20N2O3. The molecule has 5 nitrogen and oxygen atoms in total. The second-order valence-electron chi connectivity index (χ2n) is 5.82. The first-order valence-corrected chi connectivity index (χ1v) is 8.02. The van der Waals surface area contributed by atoms with Crippen molar-refractivity contribution in [3.05, 3.63) is 65.5 Å². The monoisotopic (exact) mass is 336 g/mol. The first-order valence-electron chi connectivity index (χ1n) is 8.02. The summed E-state index contributed by atoms with van der Waals surface area (Å²) < 4.78 is 10.8. The Balaban J connectivity index is 1.72. The maximum atomic E-state index is 12.3. The summed E-state index contributed by atoms with van der Waals surface area (Å²) >= 11 is 0. The van der Waals surface area contributed by atoms with E-state index >= 15 is 0 Å². The van der Waals surface area contributed by atoms with Gasteiger partial charge in [0.2, 0.25) is 11.8 Å². The van der Waals surface area contributed by atoms with Gasteiger partial charge in [-0.1, -0.05) is 18.2 Å². The Bertz CT molecular complexity index is 880. The molecular weight excluding hydrogens is 316 g/mol. The maximum absolute atomic E-state index is 12.3. The standard InChI is InChI=1S/C20H20N2O3/c1-13-14(2)25-20(21-13)16-7-5-8-17(12-16)22-19(23)11-15-6-4-9-18(10-15)24-3/h4-10,12H,11H2,1-3H3,(H,22,23). The average Bonchev–Trinajstić information content (AvgIpc) is 2.94. The van der Waals surface area contributed by atoms with Gasteiger partial charge in [-0.15, -0.1) is 0 Å². The number of aromatic nitrogens is 1. The molecule has 1 N–H and O–H groups in total. The van der Waals surface area contributed by atoms with E-state index < -0.39 is 0 Å². The molecule has 0 radical (unpaired) electrons. The molecule has 1 heterocycles. The molecule has 2 aromatic carbocycles. The van der Waals surface area contributed by atoms with Crippen LogP contribution in [0.3, 0.4) is 0 Å². The van der Waals surface area contributed by atoms with E-state index in [1.807, 2.05) is 62.4 Å². The molecule has 0 fully saturated rings. The molecule has 0 saturated carbocycles. The van der Waals surface area contributed by atoms with Gasteiger partial charge in [0, 0.05) is 11.3 Å². The van der Waals surface area contributed by atoms with Crippen molar-refractivity contribution >= 4 is 11.6 Å². The van der Waals surface area contributed by atoms with Crippen molar-refractivity contribution in [2.45, 2.75) is 20.3 Å². The third-order valence-electron chi connectivity index (χ3n) is 3.92. The van der Waals surface area contributed by atoms with Crippen LogP contribution in [0.2, 0.25) is 0 Å². The van der Waals surface area contributed by atoms with Gasteiger partial charge in [0.05, 0.1) is 19.2 Å². The minimum Gasteiger partial charge on any atom is -0.497 e. The second kappa shape index (κ2) is 7.21. The van der Waals surface area contributed by atoms with Gasteiger partial charge in [-0.25, -0.2) is 4.98 Å². The van der Waals surface area contributed by atoms with Crippen molar-refractivity contribution < 1.29 is 13.9 Å². The molecule has 0 bridgehead atoms. The highest BCUT2D eigenvalue weighted by molar-refractivity contribution is 5.92. The van der Waals surface area contributed by atoms with E-state index in [2.05, 4.69) is 10.3 Å². The first kappa shape index (κ1) is 16.8. The van der Waals surface area contributed by atoms with Crippen molar-refractivity contribution in [3.63, 3.8) is 0 Å². The second-order valence-corrected chi connectivity index (χ2v) is 5.82. The van der Waals surface area contributed by atoms with Gasteiger partial charge in [-0.05, 0) is 49.7 Å². The fourth-order valence-corrected chi connectivity index (χ4v) is 2.50. The first-order chi connectivity index (χ1) is 12.0. The van der Waals surface area contributed by atoms with E-state index in [1.165, 1.54) is 0 Å². The molecule has 1 amide bonds. The van der Waals surface area contributed by atoms with Crippen molar-refractivity contribution in [2.75, 3.05) is 12.4 Å². The normalized spacial score (nSPS) is 10.5. The molecule has 0 unspecified atom stereocenters. The number of oxazole rings is 1. The molecule has 0 spiro atoms. The zero-order valence-electron chi connectivity index (χ0n) is 14.5. The summed E-state index contributed by atoms with van der Waals surface area (Å²) in [5, 5.41) is 2.91. The molecule has 1 aromatic heterocycles. The third kappa shape index (κ3) is 4.07. The SMILES string of the molecule is COc1cccc(CC(=O)Nc2cccc(-c3nc(C)c(C)o3)c2)c1. The van der Waals surface area contributed by atoms with E-state index in [1.54, 1.807) is 7.11 Å². The Morgan fingerprint density at radius 1 is 1.16 bits per heavy atom. The number of nitrogens with zero attached hydrogens (tertiary/aromatic N) is 1. The van der Waals surface area contributed by atoms with Crippen molar-refractivity contribution in [2.24, 2.45) is 0 Å². The highest BCUT2D eigenvalue weighted by Gasteiger charge is 2.10. The van der Waals surface area contributed by atoms with Crippen LogP contribution in [-0.4, -0.2) is 18.0 Å². The summed E-state index contributed by atoms with van der Waals surface area (Å²) in [6.45, 7) is 3.79. The molecule has 3 aromatic rings. The molecule has 0 aliphatic rings. The number of amides is 1. The minimum absolute atomic E-state index is 0.0924. The summed E-state index contributed by atoms with van der Waals surface area (Å²) in [5.41, 5.74) is 3.30. The van der Waals surface area contributed by atoms with Gasteiger partial charge in [0.25, 0.3) is 0 Å². The van der Waals surface area contributed by atoms with Crippen LogP contribution in [0.1, 0.15) is 17.0 Å². The lowest BCUT2D eigenvalue weighted by Gasteiger charge is -2.07. The Kier molecular flexibility index (Phi) is 4.84. The third-order valence-corrected chi connectivity index (χ3v) is 3.92. The number of aryl methyl sites for hydroxylation is 2. The van der Waals surface area contributed by atoms with Crippen LogP contribution in [-0.2, 0) is 11.2 Å². The number of nitrogens with one attached hydrogen (secondary N) is 1. The highest BCUT2D eigenvalue weighted by atomic mass is 16.5. The van der Waals surface area contributed by atoms with Crippen LogP contribution in [0, 0.1) is 13.8 Å². The summed E-state index contributed by atoms with van der Waals surface area (Å²) in [7, 11) is 1.61. The number of hydrogen-bond acceptors (Lipinski definition) is 4. The molecule has 5 heteroatoms. The zero-order chi connectivity index (χ0) is 17.8. The van der Waals surface area contributed by atoms with E-state index in [-0.39, 0.29) is 12.3 Å². The lowest BCUT2D eigenvalue weighted by atomic mass is 10.1. The number of ether oxygens (including phenoxy) is 1. The van der Waals surface area contributed by atoms with Gasteiger partial charge in [0.1, 0.15) is 11.5 Å². The van der Waals surface area contributed by atoms with Crippen molar-refractivity contribution in [3.8, 4) is 17.2 Å². The topological polar surface area (TPSA) is 64.4 Å². The molecule has 0 aliphatic carbocycles. The number of hydrogen-bond donors (Lipinski definition) is 1. The van der Waals surface area contributed by atoms with Crippen LogP contribution in [0.4, 0.5) is 5.69 Å². The molecule has 128 valence electrons. The van der Waals surface area contributed by atoms with E-state index in [0.717, 1.165) is 28.3 Å². The molecule has 25 heavy (non-hydrogen) atoms. The van der Waals surface area contributed by atoms with Crippen LogP contribution < -0.4 is 10.1 Å². The largest absolute Gasteiger partial charge is 0.497 e. The Morgan fingerprint density at radius 3 is 2.68 bits per heavy atom. The van der Waals surface area contributed by atoms with Crippen LogP contribution in [0.5, 0.6) is 5.75 Å². The van der Waals surface area contributed by atoms with Crippen LogP contribution >= 0.6 is 0 Å². The fraction of sp³-hybridized carbons (Fsp3) is 0.200. The summed E-state index contributed by atoms with van der Waals surface area (Å²) in [5.74, 6) is 1.99. The number of benzene rings is 2. The van der Waals surface area contributed by atoms with E-state index in [9.17, 15) is 4.79 Å². The van der Waals surface area contributed by atoms with Crippen LogP contribution in [0.25, 0.3) is 11.5 Å². The number of carbonyl (C=O) groups is 1. The summed E-state index contributed by atoms with van der Waals surface area (Å²) in [6.07, 6.45) is 0.276. The number of methoxy groups -OCH3 is 1. The average molecular weight is 336 g/mol. The number of rotatable bonds is 5. The molecule has 3 rings (SSSR count). The zero-order valence-corrected chi connectivity index (χ0v) is 14.5. The van der Waals surface area contributed by atoms with Gasteiger partial charge >= 0.3 is 0 Å². The predicted molar refractivity (Wildman–Crippen MR) is 96.7 cm³/mol. The highest BCUT2D eigenvalue weighted by Crippen LogP contribution is 2.24. The molecule has 0 saturated heterocycles. The molecule has 0 aliphatic heterocycles. The number of anilines is 1. The van der Waals surface area contributed by atoms with Gasteiger partial charge in [-0.3, -0.25) is 4.79 Å². The maximum Gasteiger partial charge on any atom is 0.228 e. The predicted octanol–water partition coefficient (Wildman–Crippen LogP) is 4.15. The van der Waals surface area contributed by atoms with Crippen molar-refractivity contribution in [1.82, 2.24) is 4.98 Å². The van der Waals surface area contributed by atoms with Crippen LogP contribution in [0.15, 0.2) is 52.9 Å². The van der Waals surface area contributed by atoms with E-state index in [0.29, 0.717) is 11.6 Å². The van der Waals surface area contributed by atoms with Crippen molar-refractivity contribution in [1.29, 1.82) is 0 Å². The molecule has 0 atom stereocenters. The Hall–Kier alpha value is -3.08. The van der Waals surface area contributed by atoms with Gasteiger partial charge < -0.3 is 14.5 Å². The number of carbonyl (C=O) groups excluding carboxylic acids is 1. The lowest BCUT2D eigenvalue weighted by Crippen LogP contribution is -2.14.